The molecule has 1 aromatic rings. The minimum Gasteiger partial charge on any atom is -0.396 e. The molecule has 0 saturated heterocycles. The monoisotopic (exact) mass is 279 g/mol. The van der Waals surface area contributed by atoms with Gasteiger partial charge in [-0.1, -0.05) is 12.1 Å². The van der Waals surface area contributed by atoms with E-state index in [2.05, 4.69) is 10.6 Å². The van der Waals surface area contributed by atoms with Crippen molar-refractivity contribution in [1.29, 1.82) is 0 Å². The predicted octanol–water partition coefficient (Wildman–Crippen LogP) is 0.747. The van der Waals surface area contributed by atoms with Gasteiger partial charge in [0, 0.05) is 25.3 Å². The number of carbonyl (C=O) groups is 2. The van der Waals surface area contributed by atoms with Gasteiger partial charge in [0.15, 0.2) is 0 Å². The Hall–Kier alpha value is -2.08. The van der Waals surface area contributed by atoms with Crippen molar-refractivity contribution in [3.05, 3.63) is 35.4 Å². The second kappa shape index (κ2) is 8.92. The first-order chi connectivity index (χ1) is 9.63. The van der Waals surface area contributed by atoms with E-state index >= 15 is 0 Å². The van der Waals surface area contributed by atoms with E-state index in [1.165, 1.54) is 0 Å². The first-order valence-electron chi connectivity index (χ1n) is 6.65. The summed E-state index contributed by atoms with van der Waals surface area (Å²) in [6, 6.07) is 6.39. The van der Waals surface area contributed by atoms with Crippen LogP contribution in [0.4, 0.5) is 4.79 Å². The topological polar surface area (TPSA) is 104 Å². The van der Waals surface area contributed by atoms with Crippen molar-refractivity contribution in [3.8, 4) is 0 Å². The van der Waals surface area contributed by atoms with E-state index in [4.69, 9.17) is 10.8 Å². The molecule has 20 heavy (non-hydrogen) atoms. The molecule has 0 bridgehead atoms. The van der Waals surface area contributed by atoms with Gasteiger partial charge < -0.3 is 21.5 Å². The molecule has 1 rings (SSSR count). The predicted molar refractivity (Wildman–Crippen MR) is 76.1 cm³/mol. The summed E-state index contributed by atoms with van der Waals surface area (Å²) in [5.41, 5.74) is 6.43. The number of rotatable bonds is 8. The van der Waals surface area contributed by atoms with Gasteiger partial charge in [-0.15, -0.1) is 0 Å². The molecule has 0 aliphatic heterocycles. The summed E-state index contributed by atoms with van der Waals surface area (Å²) in [6.45, 7) is 1.14. The highest BCUT2D eigenvalue weighted by molar-refractivity contribution is 5.94. The quantitative estimate of drug-likeness (QED) is 0.528. The highest BCUT2D eigenvalue weighted by Crippen LogP contribution is 2.04. The molecule has 0 saturated carbocycles. The van der Waals surface area contributed by atoms with Crippen molar-refractivity contribution in [2.45, 2.75) is 25.8 Å². The summed E-state index contributed by atoms with van der Waals surface area (Å²) in [5, 5.41) is 13.9. The van der Waals surface area contributed by atoms with E-state index in [0.717, 1.165) is 24.8 Å². The Morgan fingerprint density at radius 2 is 1.75 bits per heavy atom. The Kier molecular flexibility index (Phi) is 7.13. The van der Waals surface area contributed by atoms with Gasteiger partial charge >= 0.3 is 6.03 Å². The van der Waals surface area contributed by atoms with E-state index in [-0.39, 0.29) is 12.5 Å². The van der Waals surface area contributed by atoms with Gasteiger partial charge in [-0.3, -0.25) is 4.79 Å². The molecule has 0 fully saturated rings. The minimum atomic E-state index is -0.574. The number of carbonyl (C=O) groups excluding carboxylic acids is 2. The van der Waals surface area contributed by atoms with Crippen molar-refractivity contribution < 1.29 is 14.7 Å². The van der Waals surface area contributed by atoms with Crippen LogP contribution in [0.1, 0.15) is 35.2 Å². The van der Waals surface area contributed by atoms with Crippen LogP contribution >= 0.6 is 0 Å². The van der Waals surface area contributed by atoms with Gasteiger partial charge in [0.1, 0.15) is 0 Å². The third-order valence-electron chi connectivity index (χ3n) is 2.80. The van der Waals surface area contributed by atoms with Gasteiger partial charge in [-0.25, -0.2) is 4.79 Å². The molecule has 0 heterocycles. The zero-order valence-electron chi connectivity index (χ0n) is 11.4. The van der Waals surface area contributed by atoms with E-state index < -0.39 is 6.03 Å². The first-order valence-corrected chi connectivity index (χ1v) is 6.65. The Morgan fingerprint density at radius 3 is 2.35 bits per heavy atom. The Balaban J connectivity index is 2.35. The molecule has 0 unspecified atom stereocenters. The highest BCUT2D eigenvalue weighted by Gasteiger charge is 2.04. The molecule has 0 aromatic heterocycles. The van der Waals surface area contributed by atoms with Crippen LogP contribution < -0.4 is 16.4 Å². The van der Waals surface area contributed by atoms with Crippen LogP contribution in [-0.4, -0.2) is 30.2 Å². The third kappa shape index (κ3) is 6.19. The van der Waals surface area contributed by atoms with E-state index in [0.29, 0.717) is 18.7 Å². The number of primary amides is 1. The minimum absolute atomic E-state index is 0.122. The molecule has 0 spiro atoms. The molecular formula is C14H21N3O3. The maximum absolute atomic E-state index is 11.8. The molecule has 1 aromatic carbocycles. The van der Waals surface area contributed by atoms with Crippen LogP contribution in [0.3, 0.4) is 0 Å². The SMILES string of the molecule is NC(=O)NCc1ccc(C(=O)NCCCCCO)cc1. The number of aliphatic hydroxyl groups is 1. The number of hydrogen-bond donors (Lipinski definition) is 4. The van der Waals surface area contributed by atoms with Crippen LogP contribution in [0.15, 0.2) is 24.3 Å². The molecule has 5 N–H and O–H groups in total. The van der Waals surface area contributed by atoms with Crippen LogP contribution in [-0.2, 0) is 6.54 Å². The van der Waals surface area contributed by atoms with Crippen LogP contribution in [0.5, 0.6) is 0 Å². The van der Waals surface area contributed by atoms with E-state index in [1.54, 1.807) is 24.3 Å². The lowest BCUT2D eigenvalue weighted by Gasteiger charge is -2.06. The van der Waals surface area contributed by atoms with Crippen molar-refractivity contribution >= 4 is 11.9 Å². The number of aliphatic hydroxyl groups excluding tert-OH is 1. The first kappa shape index (κ1) is 16.0. The second-order valence-electron chi connectivity index (χ2n) is 4.45. The number of nitrogens with one attached hydrogen (secondary N) is 2. The zero-order valence-corrected chi connectivity index (χ0v) is 11.4. The zero-order chi connectivity index (χ0) is 14.8. The number of unbranched alkanes of at least 4 members (excludes halogenated alkanes) is 2. The molecular weight excluding hydrogens is 258 g/mol. The maximum atomic E-state index is 11.8. The molecule has 0 aliphatic carbocycles. The summed E-state index contributed by atoms with van der Waals surface area (Å²) >= 11 is 0. The summed E-state index contributed by atoms with van der Waals surface area (Å²) in [6.07, 6.45) is 2.51. The molecule has 0 aliphatic rings. The Bertz CT molecular complexity index is 432. The fourth-order valence-electron chi connectivity index (χ4n) is 1.68. The number of urea groups is 1. The van der Waals surface area contributed by atoms with Crippen molar-refractivity contribution in [3.63, 3.8) is 0 Å². The lowest BCUT2D eigenvalue weighted by molar-refractivity contribution is 0.0953. The highest BCUT2D eigenvalue weighted by atomic mass is 16.3. The Morgan fingerprint density at radius 1 is 1.05 bits per heavy atom. The largest absolute Gasteiger partial charge is 0.396 e. The van der Waals surface area contributed by atoms with E-state index in [9.17, 15) is 9.59 Å². The van der Waals surface area contributed by atoms with Gasteiger partial charge in [-0.05, 0) is 37.0 Å². The number of amides is 3. The van der Waals surface area contributed by atoms with Gasteiger partial charge in [0.05, 0.1) is 0 Å². The fourth-order valence-corrected chi connectivity index (χ4v) is 1.68. The lowest BCUT2D eigenvalue weighted by atomic mass is 10.1. The number of nitrogens with two attached hydrogens (primary N) is 1. The summed E-state index contributed by atoms with van der Waals surface area (Å²) in [5.74, 6) is -0.122. The third-order valence-corrected chi connectivity index (χ3v) is 2.80. The van der Waals surface area contributed by atoms with E-state index in [1.807, 2.05) is 0 Å². The summed E-state index contributed by atoms with van der Waals surface area (Å²) in [4.78, 5) is 22.4. The number of benzene rings is 1. The van der Waals surface area contributed by atoms with Gasteiger partial charge in [0.25, 0.3) is 5.91 Å². The second-order valence-corrected chi connectivity index (χ2v) is 4.45. The fraction of sp³-hybridized carbons (Fsp3) is 0.429. The standard InChI is InChI=1S/C14H21N3O3/c15-14(20)17-10-11-4-6-12(7-5-11)13(19)16-8-2-1-3-9-18/h4-7,18H,1-3,8-10H2,(H,16,19)(H3,15,17,20). The average Bonchev–Trinajstić information content (AvgIpc) is 2.45. The molecule has 110 valence electrons. The van der Waals surface area contributed by atoms with Crippen molar-refractivity contribution in [1.82, 2.24) is 10.6 Å². The summed E-state index contributed by atoms with van der Waals surface area (Å²) in [7, 11) is 0. The van der Waals surface area contributed by atoms with Crippen molar-refractivity contribution in [2.75, 3.05) is 13.2 Å². The molecule has 3 amide bonds. The van der Waals surface area contributed by atoms with Gasteiger partial charge in [0.2, 0.25) is 0 Å². The Labute approximate surface area is 118 Å². The molecule has 6 nitrogen and oxygen atoms in total. The normalized spacial score (nSPS) is 10.1. The molecule has 0 atom stereocenters. The van der Waals surface area contributed by atoms with Crippen LogP contribution in [0, 0.1) is 0 Å². The van der Waals surface area contributed by atoms with Crippen LogP contribution in [0.25, 0.3) is 0 Å². The summed E-state index contributed by atoms with van der Waals surface area (Å²) < 4.78 is 0. The smallest absolute Gasteiger partial charge is 0.312 e. The number of hydrogen-bond acceptors (Lipinski definition) is 3. The lowest BCUT2D eigenvalue weighted by Crippen LogP contribution is -2.28. The van der Waals surface area contributed by atoms with Crippen LogP contribution in [0.2, 0.25) is 0 Å². The van der Waals surface area contributed by atoms with Gasteiger partial charge in [-0.2, -0.15) is 0 Å². The average molecular weight is 279 g/mol. The van der Waals surface area contributed by atoms with Crippen molar-refractivity contribution in [2.24, 2.45) is 5.73 Å². The maximum Gasteiger partial charge on any atom is 0.312 e. The molecule has 6 heteroatoms. The molecule has 0 radical (unpaired) electrons.